The van der Waals surface area contributed by atoms with Gasteiger partial charge in [-0.05, 0) is 24.5 Å². The number of para-hydroxylation sites is 1. The van der Waals surface area contributed by atoms with Crippen molar-refractivity contribution in [2.24, 2.45) is 5.73 Å². The lowest BCUT2D eigenvalue weighted by atomic mass is 10.1. The monoisotopic (exact) mass is 250 g/mol. The van der Waals surface area contributed by atoms with E-state index in [2.05, 4.69) is 36.9 Å². The van der Waals surface area contributed by atoms with Crippen LogP contribution in [0.3, 0.4) is 0 Å². The first-order valence-corrected chi connectivity index (χ1v) is 6.81. The third-order valence-electron chi connectivity index (χ3n) is 3.44. The zero-order valence-corrected chi connectivity index (χ0v) is 11.9. The number of methoxy groups -OCH3 is 1. The van der Waals surface area contributed by atoms with Gasteiger partial charge in [-0.3, -0.25) is 0 Å². The van der Waals surface area contributed by atoms with Gasteiger partial charge in [0.15, 0.2) is 0 Å². The number of hydrogen-bond donors (Lipinski definition) is 1. The summed E-state index contributed by atoms with van der Waals surface area (Å²) in [7, 11) is 1.75. The zero-order valence-electron chi connectivity index (χ0n) is 11.9. The summed E-state index contributed by atoms with van der Waals surface area (Å²) in [5.74, 6) is 0. The minimum absolute atomic E-state index is 0.549. The van der Waals surface area contributed by atoms with E-state index in [1.54, 1.807) is 7.11 Å². The van der Waals surface area contributed by atoms with E-state index in [0.717, 1.165) is 26.0 Å². The number of hydrogen-bond acceptors (Lipinski definition) is 3. The standard InChI is InChI=1S/C15H26N2O/c1-4-14(5-2)17(10-11-18-3)15-9-7-6-8-13(15)12-16/h6-9,14H,4-5,10-12,16H2,1-3H3. The van der Waals surface area contributed by atoms with E-state index >= 15 is 0 Å². The number of nitrogens with zero attached hydrogens (tertiary/aromatic N) is 1. The van der Waals surface area contributed by atoms with E-state index in [1.165, 1.54) is 11.3 Å². The van der Waals surface area contributed by atoms with E-state index in [9.17, 15) is 0 Å². The minimum atomic E-state index is 0.549. The normalized spacial score (nSPS) is 10.9. The molecule has 0 saturated carbocycles. The molecule has 0 unspecified atom stereocenters. The van der Waals surface area contributed by atoms with Crippen molar-refractivity contribution in [2.75, 3.05) is 25.2 Å². The third kappa shape index (κ3) is 3.72. The Morgan fingerprint density at radius 1 is 1.22 bits per heavy atom. The second kappa shape index (κ2) is 8.11. The molecule has 3 heteroatoms. The first-order chi connectivity index (χ1) is 8.78. The number of benzene rings is 1. The SMILES string of the molecule is CCC(CC)N(CCOC)c1ccccc1CN. The van der Waals surface area contributed by atoms with E-state index in [4.69, 9.17) is 10.5 Å². The Labute approximate surface area is 111 Å². The molecule has 18 heavy (non-hydrogen) atoms. The van der Waals surface area contributed by atoms with Crippen LogP contribution in [0, 0.1) is 0 Å². The van der Waals surface area contributed by atoms with Gasteiger partial charge in [0.25, 0.3) is 0 Å². The molecule has 1 rings (SSSR count). The number of ether oxygens (including phenoxy) is 1. The second-order valence-corrected chi connectivity index (χ2v) is 4.49. The van der Waals surface area contributed by atoms with Crippen LogP contribution < -0.4 is 10.6 Å². The molecule has 2 N–H and O–H groups in total. The van der Waals surface area contributed by atoms with Crippen molar-refractivity contribution in [1.29, 1.82) is 0 Å². The van der Waals surface area contributed by atoms with Crippen LogP contribution in [0.15, 0.2) is 24.3 Å². The van der Waals surface area contributed by atoms with Crippen molar-refractivity contribution >= 4 is 5.69 Å². The van der Waals surface area contributed by atoms with E-state index < -0.39 is 0 Å². The van der Waals surface area contributed by atoms with Crippen molar-refractivity contribution in [2.45, 2.75) is 39.3 Å². The highest BCUT2D eigenvalue weighted by atomic mass is 16.5. The predicted molar refractivity (Wildman–Crippen MR) is 77.9 cm³/mol. The average molecular weight is 250 g/mol. The summed E-state index contributed by atoms with van der Waals surface area (Å²) < 4.78 is 5.23. The van der Waals surface area contributed by atoms with Crippen LogP contribution in [-0.2, 0) is 11.3 Å². The Morgan fingerprint density at radius 2 is 1.89 bits per heavy atom. The summed E-state index contributed by atoms with van der Waals surface area (Å²) >= 11 is 0. The molecule has 0 aliphatic heterocycles. The van der Waals surface area contributed by atoms with Gasteiger partial charge < -0.3 is 15.4 Å². The smallest absolute Gasteiger partial charge is 0.0637 e. The van der Waals surface area contributed by atoms with Gasteiger partial charge in [-0.25, -0.2) is 0 Å². The maximum absolute atomic E-state index is 5.84. The number of anilines is 1. The Hall–Kier alpha value is -1.06. The number of rotatable bonds is 8. The molecule has 0 radical (unpaired) electrons. The highest BCUT2D eigenvalue weighted by Crippen LogP contribution is 2.24. The fraction of sp³-hybridized carbons (Fsp3) is 0.600. The van der Waals surface area contributed by atoms with Crippen LogP contribution in [0.1, 0.15) is 32.3 Å². The van der Waals surface area contributed by atoms with Crippen LogP contribution in [0.2, 0.25) is 0 Å². The average Bonchev–Trinajstić information content (AvgIpc) is 2.43. The Morgan fingerprint density at radius 3 is 2.44 bits per heavy atom. The molecule has 1 aromatic carbocycles. The summed E-state index contributed by atoms with van der Waals surface area (Å²) in [4.78, 5) is 2.44. The largest absolute Gasteiger partial charge is 0.383 e. The first-order valence-electron chi connectivity index (χ1n) is 6.81. The van der Waals surface area contributed by atoms with Gasteiger partial charge in [0.1, 0.15) is 0 Å². The van der Waals surface area contributed by atoms with Crippen molar-refractivity contribution in [3.8, 4) is 0 Å². The lowest BCUT2D eigenvalue weighted by Gasteiger charge is -2.34. The molecule has 0 atom stereocenters. The predicted octanol–water partition coefficient (Wildman–Crippen LogP) is 2.79. The molecule has 0 aromatic heterocycles. The Bertz CT molecular complexity index is 337. The van der Waals surface area contributed by atoms with Gasteiger partial charge in [0, 0.05) is 31.9 Å². The third-order valence-corrected chi connectivity index (χ3v) is 3.44. The minimum Gasteiger partial charge on any atom is -0.383 e. The summed E-state index contributed by atoms with van der Waals surface area (Å²) in [6.07, 6.45) is 2.28. The van der Waals surface area contributed by atoms with Crippen molar-refractivity contribution in [3.05, 3.63) is 29.8 Å². The summed E-state index contributed by atoms with van der Waals surface area (Å²) in [6, 6.07) is 8.95. The topological polar surface area (TPSA) is 38.5 Å². The van der Waals surface area contributed by atoms with Gasteiger partial charge in [-0.15, -0.1) is 0 Å². The number of nitrogens with two attached hydrogens (primary N) is 1. The molecule has 3 nitrogen and oxygen atoms in total. The van der Waals surface area contributed by atoms with E-state index in [1.807, 2.05) is 6.07 Å². The van der Waals surface area contributed by atoms with Crippen LogP contribution in [0.25, 0.3) is 0 Å². The molecule has 0 saturated heterocycles. The van der Waals surface area contributed by atoms with Crippen molar-refractivity contribution in [1.82, 2.24) is 0 Å². The molecule has 102 valence electrons. The molecule has 1 aromatic rings. The zero-order chi connectivity index (χ0) is 13.4. The van der Waals surface area contributed by atoms with E-state index in [-0.39, 0.29) is 0 Å². The maximum Gasteiger partial charge on any atom is 0.0637 e. The molecular formula is C15H26N2O. The van der Waals surface area contributed by atoms with Gasteiger partial charge in [-0.2, -0.15) is 0 Å². The fourth-order valence-electron chi connectivity index (χ4n) is 2.38. The maximum atomic E-state index is 5.84. The molecular weight excluding hydrogens is 224 g/mol. The molecule has 0 aliphatic rings. The second-order valence-electron chi connectivity index (χ2n) is 4.49. The van der Waals surface area contributed by atoms with Gasteiger partial charge in [-0.1, -0.05) is 32.0 Å². The molecule has 0 spiro atoms. The van der Waals surface area contributed by atoms with E-state index in [0.29, 0.717) is 12.6 Å². The van der Waals surface area contributed by atoms with Crippen LogP contribution in [0.5, 0.6) is 0 Å². The highest BCUT2D eigenvalue weighted by molar-refractivity contribution is 5.54. The van der Waals surface area contributed by atoms with Crippen molar-refractivity contribution < 1.29 is 4.74 Å². The van der Waals surface area contributed by atoms with Crippen LogP contribution in [0.4, 0.5) is 5.69 Å². The summed E-state index contributed by atoms with van der Waals surface area (Å²) in [5.41, 5.74) is 8.31. The van der Waals surface area contributed by atoms with Crippen molar-refractivity contribution in [3.63, 3.8) is 0 Å². The lowest BCUT2D eigenvalue weighted by Crippen LogP contribution is -2.37. The van der Waals surface area contributed by atoms with Gasteiger partial charge >= 0.3 is 0 Å². The molecule has 0 heterocycles. The quantitative estimate of drug-likeness (QED) is 0.771. The Kier molecular flexibility index (Phi) is 6.76. The molecule has 0 fully saturated rings. The summed E-state index contributed by atoms with van der Waals surface area (Å²) in [5, 5.41) is 0. The van der Waals surface area contributed by atoms with Crippen LogP contribution in [-0.4, -0.2) is 26.3 Å². The Balaban J connectivity index is 2.99. The summed E-state index contributed by atoms with van der Waals surface area (Å²) in [6.45, 7) is 6.72. The van der Waals surface area contributed by atoms with Crippen LogP contribution >= 0.6 is 0 Å². The molecule has 0 aliphatic carbocycles. The van der Waals surface area contributed by atoms with Gasteiger partial charge in [0.2, 0.25) is 0 Å². The lowest BCUT2D eigenvalue weighted by molar-refractivity contribution is 0.202. The highest BCUT2D eigenvalue weighted by Gasteiger charge is 2.17. The molecule has 0 amide bonds. The van der Waals surface area contributed by atoms with Gasteiger partial charge in [0.05, 0.1) is 6.61 Å². The first kappa shape index (κ1) is 15.0. The fourth-order valence-corrected chi connectivity index (χ4v) is 2.38. The molecule has 0 bridgehead atoms.